The van der Waals surface area contributed by atoms with E-state index in [9.17, 15) is 23.2 Å². The number of halogens is 3. The van der Waals surface area contributed by atoms with Crippen molar-refractivity contribution >= 4 is 35.2 Å². The van der Waals surface area contributed by atoms with E-state index in [1.54, 1.807) is 11.9 Å². The second kappa shape index (κ2) is 9.35. The van der Waals surface area contributed by atoms with Gasteiger partial charge in [0.05, 0.1) is 17.1 Å². The monoisotopic (exact) mass is 477 g/mol. The minimum atomic E-state index is -0.712. The van der Waals surface area contributed by atoms with E-state index in [1.807, 2.05) is 0 Å². The fourth-order valence-electron chi connectivity index (χ4n) is 4.26. The van der Waals surface area contributed by atoms with Crippen LogP contribution in [0.4, 0.5) is 19.3 Å². The van der Waals surface area contributed by atoms with Gasteiger partial charge in [-0.05, 0) is 55.2 Å². The van der Waals surface area contributed by atoms with E-state index in [2.05, 4.69) is 10.6 Å². The first-order chi connectivity index (χ1) is 15.7. The molecule has 0 saturated carbocycles. The van der Waals surface area contributed by atoms with Crippen LogP contribution in [-0.4, -0.2) is 42.5 Å². The summed E-state index contributed by atoms with van der Waals surface area (Å²) < 4.78 is 33.3. The first-order valence-corrected chi connectivity index (χ1v) is 10.9. The first-order valence-electron chi connectivity index (χ1n) is 10.5. The molecule has 2 atom stereocenters. The minimum absolute atomic E-state index is 0.00418. The van der Waals surface area contributed by atoms with E-state index in [0.717, 1.165) is 6.07 Å². The number of carbonyl (C=O) groups is 3. The fraction of sp³-hybridized carbons (Fsp3) is 0.348. The lowest BCUT2D eigenvalue weighted by atomic mass is 10.0. The molecule has 1 heterocycles. The fourth-order valence-corrected chi connectivity index (χ4v) is 4.44. The largest absolute Gasteiger partial charge is 0.447 e. The van der Waals surface area contributed by atoms with Crippen LogP contribution in [0.3, 0.4) is 0 Å². The molecule has 174 valence electrons. The van der Waals surface area contributed by atoms with E-state index in [0.29, 0.717) is 36.9 Å². The number of ether oxygens (including phenoxy) is 1. The van der Waals surface area contributed by atoms with Gasteiger partial charge in [-0.1, -0.05) is 11.6 Å². The van der Waals surface area contributed by atoms with Crippen LogP contribution in [0, 0.1) is 11.6 Å². The molecule has 2 N–H and O–H groups in total. The number of likely N-dealkylation sites (tertiary alicyclic amines) is 1. The molecular formula is C23H22ClF2N3O4. The maximum absolute atomic E-state index is 14.7. The molecule has 1 aliphatic carbocycles. The Bertz CT molecular complexity index is 1130. The number of fused-ring (bicyclic) bond motifs is 1. The Morgan fingerprint density at radius 3 is 2.61 bits per heavy atom. The predicted octanol–water partition coefficient (Wildman–Crippen LogP) is 4.20. The van der Waals surface area contributed by atoms with E-state index in [-0.39, 0.29) is 34.7 Å². The van der Waals surface area contributed by atoms with E-state index in [4.69, 9.17) is 16.3 Å². The molecule has 1 aliphatic heterocycles. The summed E-state index contributed by atoms with van der Waals surface area (Å²) >= 11 is 5.76. The zero-order chi connectivity index (χ0) is 23.7. The van der Waals surface area contributed by atoms with E-state index in [1.165, 1.54) is 24.3 Å². The summed E-state index contributed by atoms with van der Waals surface area (Å²) in [6.07, 6.45) is 1.10. The number of anilines is 1. The van der Waals surface area contributed by atoms with Gasteiger partial charge in [0.15, 0.2) is 0 Å². The molecule has 1 fully saturated rings. The Morgan fingerprint density at radius 2 is 1.91 bits per heavy atom. The number of rotatable bonds is 5. The van der Waals surface area contributed by atoms with Crippen LogP contribution in [0.15, 0.2) is 30.3 Å². The van der Waals surface area contributed by atoms with Crippen molar-refractivity contribution in [3.05, 3.63) is 63.7 Å². The number of nitrogens with one attached hydrogen (secondary N) is 2. The summed E-state index contributed by atoms with van der Waals surface area (Å²) in [6, 6.07) is 5.53. The van der Waals surface area contributed by atoms with Crippen molar-refractivity contribution in [2.75, 3.05) is 19.0 Å². The van der Waals surface area contributed by atoms with Gasteiger partial charge >= 0.3 is 6.09 Å². The third kappa shape index (κ3) is 4.78. The lowest BCUT2D eigenvalue weighted by Crippen LogP contribution is -2.36. The van der Waals surface area contributed by atoms with Crippen molar-refractivity contribution in [2.45, 2.75) is 37.8 Å². The third-order valence-electron chi connectivity index (χ3n) is 6.09. The van der Waals surface area contributed by atoms with Crippen LogP contribution in [-0.2, 0) is 16.0 Å². The molecule has 2 aliphatic rings. The van der Waals surface area contributed by atoms with Crippen LogP contribution in [0.1, 0.15) is 46.8 Å². The SMILES string of the molecule is CN1C(=O)CC[C@@H]1COC(=O)N[C@H]1CCc2c(C(=O)Nc3ccc(F)c(Cl)c3)ccc(F)c21. The van der Waals surface area contributed by atoms with Gasteiger partial charge in [0.2, 0.25) is 5.91 Å². The molecular weight excluding hydrogens is 456 g/mol. The van der Waals surface area contributed by atoms with Gasteiger partial charge in [-0.3, -0.25) is 9.59 Å². The molecule has 10 heteroatoms. The second-order valence-corrected chi connectivity index (χ2v) is 8.51. The predicted molar refractivity (Wildman–Crippen MR) is 117 cm³/mol. The average Bonchev–Trinajstić information content (AvgIpc) is 3.33. The molecule has 0 radical (unpaired) electrons. The van der Waals surface area contributed by atoms with Crippen molar-refractivity contribution in [2.24, 2.45) is 0 Å². The third-order valence-corrected chi connectivity index (χ3v) is 6.38. The van der Waals surface area contributed by atoms with Gasteiger partial charge in [-0.15, -0.1) is 0 Å². The highest BCUT2D eigenvalue weighted by Crippen LogP contribution is 2.36. The molecule has 4 rings (SSSR count). The lowest BCUT2D eigenvalue weighted by molar-refractivity contribution is -0.128. The van der Waals surface area contributed by atoms with Gasteiger partial charge in [-0.25, -0.2) is 13.6 Å². The van der Waals surface area contributed by atoms with Crippen LogP contribution >= 0.6 is 11.6 Å². The van der Waals surface area contributed by atoms with Crippen LogP contribution < -0.4 is 10.6 Å². The summed E-state index contributed by atoms with van der Waals surface area (Å²) in [5.74, 6) is -1.63. The number of alkyl carbamates (subject to hydrolysis) is 1. The number of hydrogen-bond acceptors (Lipinski definition) is 4. The molecule has 2 aromatic rings. The summed E-state index contributed by atoms with van der Waals surface area (Å²) in [5.41, 5.74) is 1.30. The highest BCUT2D eigenvalue weighted by Gasteiger charge is 2.32. The zero-order valence-electron chi connectivity index (χ0n) is 17.8. The topological polar surface area (TPSA) is 87.7 Å². The summed E-state index contributed by atoms with van der Waals surface area (Å²) in [5, 5.41) is 5.16. The van der Waals surface area contributed by atoms with Crippen LogP contribution in [0.25, 0.3) is 0 Å². The first kappa shape index (κ1) is 23.0. The van der Waals surface area contributed by atoms with Crippen LogP contribution in [0.2, 0.25) is 5.02 Å². The smallest absolute Gasteiger partial charge is 0.407 e. The normalized spacial score (nSPS) is 19.4. The Labute approximate surface area is 194 Å². The van der Waals surface area contributed by atoms with Crippen molar-refractivity contribution in [3.63, 3.8) is 0 Å². The summed E-state index contributed by atoms with van der Waals surface area (Å²) in [4.78, 5) is 38.2. The Hall–Kier alpha value is -3.20. The molecule has 0 unspecified atom stereocenters. The molecule has 0 spiro atoms. The average molecular weight is 478 g/mol. The quantitative estimate of drug-likeness (QED) is 0.675. The molecule has 7 nitrogen and oxygen atoms in total. The van der Waals surface area contributed by atoms with Gasteiger partial charge in [0, 0.05) is 30.3 Å². The van der Waals surface area contributed by atoms with Crippen molar-refractivity contribution < 1.29 is 27.9 Å². The lowest BCUT2D eigenvalue weighted by Gasteiger charge is -2.21. The zero-order valence-corrected chi connectivity index (χ0v) is 18.5. The number of carbonyl (C=O) groups excluding carboxylic acids is 3. The summed E-state index contributed by atoms with van der Waals surface area (Å²) in [6.45, 7) is 0.0544. The number of benzene rings is 2. The standard InChI is InChI=1S/C23H22ClF2N3O4/c1-29-13(3-9-20(29)30)11-33-23(32)28-19-8-5-14-15(4-7-18(26)21(14)19)22(31)27-12-2-6-17(25)16(24)10-12/h2,4,6-7,10,13,19H,3,5,8-9,11H2,1H3,(H,27,31)(H,28,32)/t13-,19+/m1/s1. The Morgan fingerprint density at radius 1 is 1.15 bits per heavy atom. The number of hydrogen-bond donors (Lipinski definition) is 2. The van der Waals surface area contributed by atoms with Gasteiger partial charge in [-0.2, -0.15) is 0 Å². The second-order valence-electron chi connectivity index (χ2n) is 8.10. The maximum Gasteiger partial charge on any atom is 0.407 e. The Balaban J connectivity index is 1.44. The molecule has 0 aromatic heterocycles. The van der Waals surface area contributed by atoms with Crippen molar-refractivity contribution in [3.8, 4) is 0 Å². The van der Waals surface area contributed by atoms with Gasteiger partial charge in [0.25, 0.3) is 5.91 Å². The molecule has 3 amide bonds. The maximum atomic E-state index is 14.7. The van der Waals surface area contributed by atoms with E-state index < -0.39 is 29.7 Å². The highest BCUT2D eigenvalue weighted by molar-refractivity contribution is 6.31. The molecule has 33 heavy (non-hydrogen) atoms. The van der Waals surface area contributed by atoms with E-state index >= 15 is 0 Å². The molecule has 2 aromatic carbocycles. The van der Waals surface area contributed by atoms with Gasteiger partial charge < -0.3 is 20.3 Å². The minimum Gasteiger partial charge on any atom is -0.447 e. The van der Waals surface area contributed by atoms with Gasteiger partial charge in [0.1, 0.15) is 18.2 Å². The van der Waals surface area contributed by atoms with Crippen molar-refractivity contribution in [1.82, 2.24) is 10.2 Å². The Kier molecular flexibility index (Phi) is 6.51. The van der Waals surface area contributed by atoms with Crippen molar-refractivity contribution in [1.29, 1.82) is 0 Å². The number of amides is 3. The summed E-state index contributed by atoms with van der Waals surface area (Å²) in [7, 11) is 1.66. The number of likely N-dealkylation sites (N-methyl/N-ethyl adjacent to an activating group) is 1. The number of nitrogens with zero attached hydrogens (tertiary/aromatic N) is 1. The molecule has 1 saturated heterocycles. The highest BCUT2D eigenvalue weighted by atomic mass is 35.5. The molecule has 0 bridgehead atoms. The van der Waals surface area contributed by atoms with Crippen LogP contribution in [0.5, 0.6) is 0 Å².